The van der Waals surface area contributed by atoms with Crippen molar-refractivity contribution in [1.29, 1.82) is 0 Å². The molecule has 2 rings (SSSR count). The second-order valence-corrected chi connectivity index (χ2v) is 4.87. The summed E-state index contributed by atoms with van der Waals surface area (Å²) in [6.45, 7) is 2.06. The summed E-state index contributed by atoms with van der Waals surface area (Å²) in [6.07, 6.45) is 0. The molecule has 0 unspecified atom stereocenters. The van der Waals surface area contributed by atoms with Gasteiger partial charge in [-0.2, -0.15) is 0 Å². The second-order valence-electron chi connectivity index (χ2n) is 4.47. The van der Waals surface area contributed by atoms with Crippen LogP contribution in [0.1, 0.15) is 16.7 Å². The number of benzene rings is 2. The van der Waals surface area contributed by atoms with Crippen LogP contribution in [0, 0.1) is 12.7 Å². The summed E-state index contributed by atoms with van der Waals surface area (Å²) in [4.78, 5) is 0. The molecule has 2 aromatic carbocycles. The van der Waals surface area contributed by atoms with E-state index < -0.39 is 5.82 Å². The van der Waals surface area contributed by atoms with Gasteiger partial charge in [0, 0.05) is 5.56 Å². The van der Waals surface area contributed by atoms with Gasteiger partial charge < -0.3 is 15.7 Å². The maximum atomic E-state index is 13.7. The Kier molecular flexibility index (Phi) is 4.65. The zero-order valence-electron chi connectivity index (χ0n) is 11.3. The fraction of sp³-hybridized carbons (Fsp3) is 0.133. The van der Waals surface area contributed by atoms with Crippen molar-refractivity contribution < 1.29 is 14.3 Å². The maximum absolute atomic E-state index is 13.7. The summed E-state index contributed by atoms with van der Waals surface area (Å²) in [5, 5.41) is 11.6. The minimum atomic E-state index is -0.579. The number of oxime groups is 1. The SMILES string of the molecule is Cc1cc(/C(N)=N/O)ccc1COc1cccc(Cl)c1F. The number of halogens is 2. The summed E-state index contributed by atoms with van der Waals surface area (Å²) in [7, 11) is 0. The molecule has 4 nitrogen and oxygen atoms in total. The monoisotopic (exact) mass is 308 g/mol. The normalized spacial score (nSPS) is 11.5. The standard InChI is InChI=1S/C15H14ClFN2O2/c1-9-7-10(15(18)19-20)5-6-11(9)8-21-13-4-2-3-12(16)14(13)17/h2-7,20H,8H2,1H3,(H2,18,19). The van der Waals surface area contributed by atoms with Gasteiger partial charge in [-0.25, -0.2) is 4.39 Å². The van der Waals surface area contributed by atoms with Gasteiger partial charge in [0.1, 0.15) is 6.61 Å². The van der Waals surface area contributed by atoms with Gasteiger partial charge in [-0.1, -0.05) is 35.0 Å². The minimum absolute atomic E-state index is 0.0199. The van der Waals surface area contributed by atoms with E-state index in [4.69, 9.17) is 27.3 Å². The minimum Gasteiger partial charge on any atom is -0.486 e. The van der Waals surface area contributed by atoms with E-state index in [-0.39, 0.29) is 23.2 Å². The number of hydrogen-bond acceptors (Lipinski definition) is 3. The molecular formula is C15H14ClFN2O2. The highest BCUT2D eigenvalue weighted by Crippen LogP contribution is 2.25. The third kappa shape index (κ3) is 3.44. The van der Waals surface area contributed by atoms with Crippen molar-refractivity contribution in [2.24, 2.45) is 10.9 Å². The molecule has 0 fully saturated rings. The Hall–Kier alpha value is -2.27. The Balaban J connectivity index is 2.15. The number of aryl methyl sites for hydroxylation is 1. The fourth-order valence-corrected chi connectivity index (χ4v) is 1.99. The summed E-state index contributed by atoms with van der Waals surface area (Å²) in [5.74, 6) is -0.445. The van der Waals surface area contributed by atoms with Gasteiger partial charge in [0.2, 0.25) is 0 Å². The predicted octanol–water partition coefficient (Wildman–Crippen LogP) is 3.46. The molecule has 3 N–H and O–H groups in total. The smallest absolute Gasteiger partial charge is 0.183 e. The molecule has 0 heterocycles. The zero-order valence-corrected chi connectivity index (χ0v) is 12.1. The van der Waals surface area contributed by atoms with Crippen molar-refractivity contribution in [2.45, 2.75) is 13.5 Å². The first-order valence-electron chi connectivity index (χ1n) is 6.17. The molecule has 0 amide bonds. The molecule has 0 aromatic heterocycles. The third-order valence-electron chi connectivity index (χ3n) is 3.05. The van der Waals surface area contributed by atoms with Crippen molar-refractivity contribution in [3.8, 4) is 5.75 Å². The van der Waals surface area contributed by atoms with Crippen molar-refractivity contribution in [2.75, 3.05) is 0 Å². The van der Waals surface area contributed by atoms with Crippen molar-refractivity contribution in [1.82, 2.24) is 0 Å². The number of amidine groups is 1. The number of hydrogen-bond donors (Lipinski definition) is 2. The maximum Gasteiger partial charge on any atom is 0.183 e. The fourth-order valence-electron chi connectivity index (χ4n) is 1.83. The number of rotatable bonds is 4. The zero-order chi connectivity index (χ0) is 15.4. The molecular weight excluding hydrogens is 295 g/mol. The largest absolute Gasteiger partial charge is 0.486 e. The first-order valence-corrected chi connectivity index (χ1v) is 6.55. The van der Waals surface area contributed by atoms with E-state index in [0.29, 0.717) is 5.56 Å². The first-order chi connectivity index (χ1) is 10.0. The average Bonchev–Trinajstić information content (AvgIpc) is 2.49. The molecule has 0 atom stereocenters. The van der Waals surface area contributed by atoms with E-state index in [1.165, 1.54) is 12.1 Å². The Bertz CT molecular complexity index is 689. The molecule has 0 aliphatic carbocycles. The van der Waals surface area contributed by atoms with E-state index >= 15 is 0 Å². The second kappa shape index (κ2) is 6.45. The molecule has 0 bridgehead atoms. The van der Waals surface area contributed by atoms with Gasteiger partial charge in [-0.05, 0) is 36.2 Å². The Morgan fingerprint density at radius 1 is 1.38 bits per heavy atom. The van der Waals surface area contributed by atoms with Crippen LogP contribution in [0.4, 0.5) is 4.39 Å². The molecule has 2 aromatic rings. The topological polar surface area (TPSA) is 67.8 Å². The van der Waals surface area contributed by atoms with Crippen LogP contribution >= 0.6 is 11.6 Å². The average molecular weight is 309 g/mol. The molecule has 110 valence electrons. The van der Waals surface area contributed by atoms with E-state index in [9.17, 15) is 4.39 Å². The van der Waals surface area contributed by atoms with Gasteiger partial charge in [0.25, 0.3) is 0 Å². The highest BCUT2D eigenvalue weighted by molar-refractivity contribution is 6.30. The van der Waals surface area contributed by atoms with E-state index in [2.05, 4.69) is 5.16 Å². The van der Waals surface area contributed by atoms with Gasteiger partial charge in [-0.15, -0.1) is 0 Å². The van der Waals surface area contributed by atoms with Gasteiger partial charge in [0.05, 0.1) is 5.02 Å². The van der Waals surface area contributed by atoms with Crippen LogP contribution in [0.2, 0.25) is 5.02 Å². The van der Waals surface area contributed by atoms with Crippen molar-refractivity contribution in [3.63, 3.8) is 0 Å². The molecule has 0 aliphatic heterocycles. The lowest BCUT2D eigenvalue weighted by Gasteiger charge is -2.11. The van der Waals surface area contributed by atoms with Crippen LogP contribution in [-0.2, 0) is 6.61 Å². The van der Waals surface area contributed by atoms with Crippen LogP contribution in [0.25, 0.3) is 0 Å². The summed E-state index contributed by atoms with van der Waals surface area (Å²) >= 11 is 5.69. The van der Waals surface area contributed by atoms with Crippen LogP contribution in [0.15, 0.2) is 41.6 Å². The van der Waals surface area contributed by atoms with E-state index in [1.807, 2.05) is 6.92 Å². The Morgan fingerprint density at radius 3 is 2.81 bits per heavy atom. The highest BCUT2D eigenvalue weighted by atomic mass is 35.5. The summed E-state index contributed by atoms with van der Waals surface area (Å²) < 4.78 is 19.1. The predicted molar refractivity (Wildman–Crippen MR) is 79.4 cm³/mol. The summed E-state index contributed by atoms with van der Waals surface area (Å²) in [6, 6.07) is 9.85. The third-order valence-corrected chi connectivity index (χ3v) is 3.34. The van der Waals surface area contributed by atoms with Gasteiger partial charge in [0.15, 0.2) is 17.4 Å². The molecule has 21 heavy (non-hydrogen) atoms. The lowest BCUT2D eigenvalue weighted by Crippen LogP contribution is -2.13. The van der Waals surface area contributed by atoms with E-state index in [0.717, 1.165) is 11.1 Å². The van der Waals surface area contributed by atoms with Crippen LogP contribution in [-0.4, -0.2) is 11.0 Å². The molecule has 0 saturated carbocycles. The first kappa shape index (κ1) is 15.1. The van der Waals surface area contributed by atoms with Crippen LogP contribution < -0.4 is 10.5 Å². The van der Waals surface area contributed by atoms with E-state index in [1.54, 1.807) is 24.3 Å². The van der Waals surface area contributed by atoms with Crippen LogP contribution in [0.5, 0.6) is 5.75 Å². The van der Waals surface area contributed by atoms with Gasteiger partial charge >= 0.3 is 0 Å². The molecule has 6 heteroatoms. The molecule has 0 saturated heterocycles. The lowest BCUT2D eigenvalue weighted by atomic mass is 10.1. The Morgan fingerprint density at radius 2 is 2.14 bits per heavy atom. The Labute approximate surface area is 126 Å². The molecule has 0 radical (unpaired) electrons. The molecule has 0 aliphatic rings. The van der Waals surface area contributed by atoms with Crippen molar-refractivity contribution >= 4 is 17.4 Å². The summed E-state index contributed by atoms with van der Waals surface area (Å²) in [5.41, 5.74) is 7.88. The van der Waals surface area contributed by atoms with Crippen molar-refractivity contribution in [3.05, 3.63) is 63.9 Å². The lowest BCUT2D eigenvalue weighted by molar-refractivity contribution is 0.289. The highest BCUT2D eigenvalue weighted by Gasteiger charge is 2.09. The quantitative estimate of drug-likeness (QED) is 0.393. The number of nitrogens with zero attached hydrogens (tertiary/aromatic N) is 1. The number of ether oxygens (including phenoxy) is 1. The molecule has 0 spiro atoms. The van der Waals surface area contributed by atoms with Crippen LogP contribution in [0.3, 0.4) is 0 Å². The van der Waals surface area contributed by atoms with Gasteiger partial charge in [-0.3, -0.25) is 0 Å². The number of nitrogens with two attached hydrogens (primary N) is 1.